The molecule has 5 nitrogen and oxygen atoms in total. The Labute approximate surface area is 114 Å². The van der Waals surface area contributed by atoms with Crippen LogP contribution in [-0.4, -0.2) is 39.5 Å². The molecular weight excluding hydrogens is 300 g/mol. The number of likely N-dealkylation sites (tertiary alicyclic amines) is 1. The van der Waals surface area contributed by atoms with Crippen molar-refractivity contribution in [3.05, 3.63) is 22.4 Å². The number of hydrogen-bond acceptors (Lipinski definition) is 2. The van der Waals surface area contributed by atoms with Crippen molar-refractivity contribution >= 4 is 27.8 Å². The summed E-state index contributed by atoms with van der Waals surface area (Å²) in [4.78, 5) is 24.4. The third kappa shape index (κ3) is 2.58. The molecule has 98 valence electrons. The Morgan fingerprint density at radius 3 is 2.72 bits per heavy atom. The molecule has 0 unspecified atom stereocenters. The van der Waals surface area contributed by atoms with E-state index in [0.717, 1.165) is 11.0 Å². The van der Waals surface area contributed by atoms with Crippen molar-refractivity contribution in [3.63, 3.8) is 0 Å². The van der Waals surface area contributed by atoms with Crippen molar-refractivity contribution in [2.45, 2.75) is 19.9 Å². The molecule has 0 atom stereocenters. The molecule has 0 saturated carbocycles. The lowest BCUT2D eigenvalue weighted by atomic mass is 9.96. The van der Waals surface area contributed by atoms with Crippen LogP contribution in [0.4, 0.5) is 0 Å². The van der Waals surface area contributed by atoms with Gasteiger partial charge in [0.15, 0.2) is 0 Å². The van der Waals surface area contributed by atoms with Gasteiger partial charge in [-0.15, -0.1) is 0 Å². The molecule has 0 spiro atoms. The fourth-order valence-corrected chi connectivity index (χ4v) is 2.65. The summed E-state index contributed by atoms with van der Waals surface area (Å²) in [5.74, 6) is -0.726. The molecule has 0 aliphatic carbocycles. The van der Waals surface area contributed by atoms with Gasteiger partial charge >= 0.3 is 5.97 Å². The number of carbonyl (C=O) groups is 2. The molecule has 0 radical (unpaired) electrons. The van der Waals surface area contributed by atoms with Crippen LogP contribution in [0.15, 0.2) is 16.7 Å². The molecule has 0 aromatic carbocycles. The SMILES string of the molecule is CCn1cc(Br)cc1C(=O)N1CC(CC(=O)O)C1. The van der Waals surface area contributed by atoms with Crippen LogP contribution in [0.25, 0.3) is 0 Å². The van der Waals surface area contributed by atoms with Crippen molar-refractivity contribution in [2.24, 2.45) is 5.92 Å². The van der Waals surface area contributed by atoms with Gasteiger partial charge in [-0.3, -0.25) is 9.59 Å². The number of aromatic nitrogens is 1. The second kappa shape index (κ2) is 5.14. The van der Waals surface area contributed by atoms with Gasteiger partial charge in [-0.1, -0.05) is 0 Å². The highest BCUT2D eigenvalue weighted by molar-refractivity contribution is 9.10. The highest BCUT2D eigenvalue weighted by atomic mass is 79.9. The molecule has 6 heteroatoms. The first-order valence-corrected chi connectivity index (χ1v) is 6.67. The van der Waals surface area contributed by atoms with E-state index in [4.69, 9.17) is 5.11 Å². The van der Waals surface area contributed by atoms with Crippen molar-refractivity contribution < 1.29 is 14.7 Å². The van der Waals surface area contributed by atoms with Crippen LogP contribution in [0.1, 0.15) is 23.8 Å². The lowest BCUT2D eigenvalue weighted by Gasteiger charge is -2.38. The molecular formula is C12H15BrN2O3. The van der Waals surface area contributed by atoms with Crippen LogP contribution in [0, 0.1) is 5.92 Å². The third-order valence-corrected chi connectivity index (χ3v) is 3.56. The molecule has 18 heavy (non-hydrogen) atoms. The number of nitrogens with zero attached hydrogens (tertiary/aromatic N) is 2. The predicted molar refractivity (Wildman–Crippen MR) is 69.5 cm³/mol. The van der Waals surface area contributed by atoms with Crippen LogP contribution >= 0.6 is 15.9 Å². The number of aliphatic carboxylic acids is 1. The normalized spacial score (nSPS) is 15.6. The van der Waals surface area contributed by atoms with Gasteiger partial charge < -0.3 is 14.6 Å². The minimum absolute atomic E-state index is 0.0239. The molecule has 1 aromatic rings. The zero-order valence-corrected chi connectivity index (χ0v) is 11.7. The highest BCUT2D eigenvalue weighted by Gasteiger charge is 2.33. The van der Waals surface area contributed by atoms with Gasteiger partial charge in [0.05, 0.1) is 6.42 Å². The molecule has 1 amide bonds. The topological polar surface area (TPSA) is 62.5 Å². The summed E-state index contributed by atoms with van der Waals surface area (Å²) >= 11 is 3.36. The first-order valence-electron chi connectivity index (χ1n) is 5.88. The Balaban J connectivity index is 1.99. The lowest BCUT2D eigenvalue weighted by molar-refractivity contribution is -0.139. The standard InChI is InChI=1S/C12H15BrN2O3/c1-2-14-7-9(13)4-10(14)12(18)15-5-8(6-15)3-11(16)17/h4,7-8H,2-3,5-6H2,1H3,(H,16,17). The van der Waals surface area contributed by atoms with Gasteiger partial charge in [0, 0.05) is 36.2 Å². The number of aryl methyl sites for hydroxylation is 1. The van der Waals surface area contributed by atoms with Gasteiger partial charge in [-0.2, -0.15) is 0 Å². The Hall–Kier alpha value is -1.30. The van der Waals surface area contributed by atoms with Crippen LogP contribution in [0.3, 0.4) is 0 Å². The fraction of sp³-hybridized carbons (Fsp3) is 0.500. The monoisotopic (exact) mass is 314 g/mol. The Morgan fingerprint density at radius 2 is 2.17 bits per heavy atom. The Morgan fingerprint density at radius 1 is 1.50 bits per heavy atom. The van der Waals surface area contributed by atoms with Crippen LogP contribution in [-0.2, 0) is 11.3 Å². The van der Waals surface area contributed by atoms with E-state index in [1.807, 2.05) is 17.7 Å². The second-order valence-corrected chi connectivity index (χ2v) is 5.42. The molecule has 1 N–H and O–H groups in total. The molecule has 2 heterocycles. The van der Waals surface area contributed by atoms with Gasteiger partial charge in [0.2, 0.25) is 0 Å². The van der Waals surface area contributed by atoms with Crippen molar-refractivity contribution in [2.75, 3.05) is 13.1 Å². The summed E-state index contributed by atoms with van der Waals surface area (Å²) in [6.07, 6.45) is 2.02. The number of carboxylic acids is 1. The van der Waals surface area contributed by atoms with Gasteiger partial charge in [-0.25, -0.2) is 0 Å². The number of carboxylic acid groups (broad SMARTS) is 1. The summed E-state index contributed by atoms with van der Waals surface area (Å²) in [5, 5.41) is 8.66. The highest BCUT2D eigenvalue weighted by Crippen LogP contribution is 2.23. The first-order chi connectivity index (χ1) is 8.51. The maximum Gasteiger partial charge on any atom is 0.303 e. The van der Waals surface area contributed by atoms with E-state index in [2.05, 4.69) is 15.9 Å². The van der Waals surface area contributed by atoms with Gasteiger partial charge in [0.1, 0.15) is 5.69 Å². The number of rotatable bonds is 4. The first kappa shape index (κ1) is 13.1. The van der Waals surface area contributed by atoms with Gasteiger partial charge in [0.25, 0.3) is 5.91 Å². The maximum absolute atomic E-state index is 12.2. The average molecular weight is 315 g/mol. The molecule has 2 rings (SSSR count). The van der Waals surface area contributed by atoms with E-state index in [9.17, 15) is 9.59 Å². The number of hydrogen-bond donors (Lipinski definition) is 1. The van der Waals surface area contributed by atoms with Crippen LogP contribution < -0.4 is 0 Å². The molecule has 1 aliphatic rings. The van der Waals surface area contributed by atoms with E-state index in [0.29, 0.717) is 18.8 Å². The summed E-state index contributed by atoms with van der Waals surface area (Å²) in [5.41, 5.74) is 0.651. The summed E-state index contributed by atoms with van der Waals surface area (Å²) in [6, 6.07) is 1.80. The third-order valence-electron chi connectivity index (χ3n) is 3.13. The minimum atomic E-state index is -0.799. The van der Waals surface area contributed by atoms with E-state index >= 15 is 0 Å². The molecule has 1 aromatic heterocycles. The number of carbonyl (C=O) groups excluding carboxylic acids is 1. The number of amides is 1. The quantitative estimate of drug-likeness (QED) is 0.922. The zero-order chi connectivity index (χ0) is 13.3. The molecule has 1 fully saturated rings. The summed E-state index contributed by atoms with van der Waals surface area (Å²) < 4.78 is 2.77. The van der Waals surface area contributed by atoms with Crippen molar-refractivity contribution in [1.82, 2.24) is 9.47 Å². The van der Waals surface area contributed by atoms with Crippen LogP contribution in [0.2, 0.25) is 0 Å². The predicted octanol–water partition coefficient (Wildman–Crippen LogP) is 1.82. The van der Waals surface area contributed by atoms with Crippen molar-refractivity contribution in [3.8, 4) is 0 Å². The van der Waals surface area contributed by atoms with E-state index in [1.165, 1.54) is 0 Å². The van der Waals surface area contributed by atoms with E-state index in [1.54, 1.807) is 11.0 Å². The number of halogens is 1. The average Bonchev–Trinajstić information content (AvgIpc) is 2.63. The maximum atomic E-state index is 12.2. The van der Waals surface area contributed by atoms with E-state index in [-0.39, 0.29) is 18.2 Å². The smallest absolute Gasteiger partial charge is 0.303 e. The fourth-order valence-electron chi connectivity index (χ4n) is 2.19. The molecule has 1 saturated heterocycles. The lowest BCUT2D eigenvalue weighted by Crippen LogP contribution is -2.51. The van der Waals surface area contributed by atoms with Crippen molar-refractivity contribution in [1.29, 1.82) is 0 Å². The largest absolute Gasteiger partial charge is 0.481 e. The molecule has 0 bridgehead atoms. The summed E-state index contributed by atoms with van der Waals surface area (Å²) in [6.45, 7) is 3.79. The van der Waals surface area contributed by atoms with Gasteiger partial charge in [-0.05, 0) is 28.9 Å². The Kier molecular flexibility index (Phi) is 3.75. The Bertz CT molecular complexity index is 478. The molecule has 1 aliphatic heterocycles. The zero-order valence-electron chi connectivity index (χ0n) is 10.1. The van der Waals surface area contributed by atoms with Crippen LogP contribution in [0.5, 0.6) is 0 Å². The second-order valence-electron chi connectivity index (χ2n) is 4.50. The summed E-state index contributed by atoms with van der Waals surface area (Å²) in [7, 11) is 0. The van der Waals surface area contributed by atoms with E-state index < -0.39 is 5.97 Å². The minimum Gasteiger partial charge on any atom is -0.481 e.